The van der Waals surface area contributed by atoms with Gasteiger partial charge in [-0.15, -0.1) is 0 Å². The number of aliphatic hydroxyl groups is 1. The van der Waals surface area contributed by atoms with E-state index in [9.17, 15) is 4.79 Å². The second-order valence-electron chi connectivity index (χ2n) is 4.29. The molecular weight excluding hydrogens is 246 g/mol. The van der Waals surface area contributed by atoms with Gasteiger partial charge in [0.15, 0.2) is 0 Å². The van der Waals surface area contributed by atoms with Gasteiger partial charge in [-0.1, -0.05) is 37.3 Å². The molecule has 0 aliphatic carbocycles. The van der Waals surface area contributed by atoms with E-state index in [0.717, 1.165) is 5.56 Å². The van der Waals surface area contributed by atoms with Crippen molar-refractivity contribution in [1.29, 1.82) is 0 Å². The zero-order valence-corrected chi connectivity index (χ0v) is 11.7. The summed E-state index contributed by atoms with van der Waals surface area (Å²) in [5.74, 6) is 0.0409. The summed E-state index contributed by atoms with van der Waals surface area (Å²) < 4.78 is 0. The maximum Gasteiger partial charge on any atom is 0.221 e. The highest BCUT2D eigenvalue weighted by molar-refractivity contribution is 7.99. The number of aliphatic hydroxyl groups excluding tert-OH is 1. The number of hydrogen-bond donors (Lipinski definition) is 2. The Morgan fingerprint density at radius 1 is 1.39 bits per heavy atom. The van der Waals surface area contributed by atoms with Gasteiger partial charge < -0.3 is 10.4 Å². The number of nitrogens with one attached hydrogen (secondary N) is 1. The van der Waals surface area contributed by atoms with Crippen molar-refractivity contribution >= 4 is 17.7 Å². The summed E-state index contributed by atoms with van der Waals surface area (Å²) in [6.07, 6.45) is 3.06. The lowest BCUT2D eigenvalue weighted by Crippen LogP contribution is -2.30. The number of thioether (sulfide) groups is 1. The maximum atomic E-state index is 11.9. The molecule has 1 aromatic carbocycles. The predicted octanol–water partition coefficient (Wildman–Crippen LogP) is 2.37. The number of rotatable bonds is 7. The van der Waals surface area contributed by atoms with Crippen LogP contribution in [0.4, 0.5) is 0 Å². The fourth-order valence-corrected chi connectivity index (χ4v) is 2.05. The third kappa shape index (κ3) is 5.10. The molecule has 2 unspecified atom stereocenters. The first kappa shape index (κ1) is 15.1. The van der Waals surface area contributed by atoms with Crippen molar-refractivity contribution < 1.29 is 9.90 Å². The molecule has 2 atom stereocenters. The average molecular weight is 267 g/mol. The van der Waals surface area contributed by atoms with Gasteiger partial charge >= 0.3 is 0 Å². The molecule has 0 spiro atoms. The molecule has 2 N–H and O–H groups in total. The van der Waals surface area contributed by atoms with Crippen molar-refractivity contribution in [3.8, 4) is 0 Å². The van der Waals surface area contributed by atoms with Crippen LogP contribution in [-0.2, 0) is 4.79 Å². The molecule has 1 rings (SSSR count). The number of carbonyl (C=O) groups is 1. The zero-order valence-electron chi connectivity index (χ0n) is 10.9. The quantitative estimate of drug-likeness (QED) is 0.797. The van der Waals surface area contributed by atoms with E-state index in [1.54, 1.807) is 11.8 Å². The molecule has 0 fully saturated rings. The van der Waals surface area contributed by atoms with Crippen molar-refractivity contribution in [2.24, 2.45) is 0 Å². The van der Waals surface area contributed by atoms with Crippen LogP contribution in [0.15, 0.2) is 30.3 Å². The fraction of sp³-hybridized carbons (Fsp3) is 0.500. The standard InChI is InChI=1S/C14H21NO2S/c1-11(18-2)10-14(17)15-13(8-9-16)12-6-4-3-5-7-12/h3-7,11,13,16H,8-10H2,1-2H3,(H,15,17). The van der Waals surface area contributed by atoms with Gasteiger partial charge in [0.25, 0.3) is 0 Å². The second kappa shape index (κ2) is 8.16. The summed E-state index contributed by atoms with van der Waals surface area (Å²) in [4.78, 5) is 11.9. The lowest BCUT2D eigenvalue weighted by Gasteiger charge is -2.19. The van der Waals surface area contributed by atoms with E-state index in [1.807, 2.05) is 43.5 Å². The van der Waals surface area contributed by atoms with Gasteiger partial charge in [-0.25, -0.2) is 0 Å². The van der Waals surface area contributed by atoms with Crippen LogP contribution < -0.4 is 5.32 Å². The fourth-order valence-electron chi connectivity index (χ4n) is 1.73. The van der Waals surface area contributed by atoms with Crippen LogP contribution in [0.3, 0.4) is 0 Å². The number of benzene rings is 1. The van der Waals surface area contributed by atoms with Gasteiger partial charge in [0.1, 0.15) is 0 Å². The van der Waals surface area contributed by atoms with E-state index in [1.165, 1.54) is 0 Å². The Balaban J connectivity index is 2.61. The minimum Gasteiger partial charge on any atom is -0.396 e. The molecule has 1 aromatic rings. The molecule has 0 aliphatic rings. The average Bonchev–Trinajstić information content (AvgIpc) is 2.39. The first-order valence-electron chi connectivity index (χ1n) is 6.15. The molecule has 3 nitrogen and oxygen atoms in total. The Morgan fingerprint density at radius 2 is 2.06 bits per heavy atom. The minimum absolute atomic E-state index is 0.0409. The molecule has 18 heavy (non-hydrogen) atoms. The number of carbonyl (C=O) groups excluding carboxylic acids is 1. The molecule has 0 aromatic heterocycles. The van der Waals surface area contributed by atoms with Gasteiger partial charge in [0.05, 0.1) is 6.04 Å². The Labute approximate surface area is 113 Å². The monoisotopic (exact) mass is 267 g/mol. The molecule has 0 aliphatic heterocycles. The summed E-state index contributed by atoms with van der Waals surface area (Å²) in [5, 5.41) is 12.4. The topological polar surface area (TPSA) is 49.3 Å². The third-order valence-electron chi connectivity index (χ3n) is 2.83. The van der Waals surface area contributed by atoms with Gasteiger partial charge in [-0.2, -0.15) is 11.8 Å². The lowest BCUT2D eigenvalue weighted by molar-refractivity contribution is -0.121. The first-order valence-corrected chi connectivity index (χ1v) is 7.44. The van der Waals surface area contributed by atoms with Crippen LogP contribution in [0.2, 0.25) is 0 Å². The van der Waals surface area contributed by atoms with Gasteiger partial charge in [0, 0.05) is 18.3 Å². The largest absolute Gasteiger partial charge is 0.396 e. The Hall–Kier alpha value is -1.00. The molecule has 1 amide bonds. The Morgan fingerprint density at radius 3 is 2.61 bits per heavy atom. The highest BCUT2D eigenvalue weighted by Crippen LogP contribution is 2.17. The lowest BCUT2D eigenvalue weighted by atomic mass is 10.0. The van der Waals surface area contributed by atoms with Crippen molar-refractivity contribution in [1.82, 2.24) is 5.32 Å². The summed E-state index contributed by atoms with van der Waals surface area (Å²) in [6, 6.07) is 9.67. The predicted molar refractivity (Wildman–Crippen MR) is 76.6 cm³/mol. The summed E-state index contributed by atoms with van der Waals surface area (Å²) in [6.45, 7) is 2.10. The number of hydrogen-bond acceptors (Lipinski definition) is 3. The normalized spacial score (nSPS) is 13.9. The minimum atomic E-state index is -0.0993. The molecule has 0 bridgehead atoms. The molecule has 0 heterocycles. The molecular formula is C14H21NO2S. The molecule has 100 valence electrons. The first-order chi connectivity index (χ1) is 8.67. The highest BCUT2D eigenvalue weighted by atomic mass is 32.2. The van der Waals surface area contributed by atoms with Crippen LogP contribution in [0.25, 0.3) is 0 Å². The molecule has 0 radical (unpaired) electrons. The van der Waals surface area contributed by atoms with Crippen molar-refractivity contribution in [3.63, 3.8) is 0 Å². The third-order valence-corrected chi connectivity index (χ3v) is 3.80. The van der Waals surface area contributed by atoms with Gasteiger partial charge in [0.2, 0.25) is 5.91 Å². The molecule has 0 saturated heterocycles. The van der Waals surface area contributed by atoms with Gasteiger partial charge in [-0.3, -0.25) is 4.79 Å². The second-order valence-corrected chi connectivity index (χ2v) is 5.57. The zero-order chi connectivity index (χ0) is 13.4. The van der Waals surface area contributed by atoms with Crippen molar-refractivity contribution in [2.45, 2.75) is 31.1 Å². The highest BCUT2D eigenvalue weighted by Gasteiger charge is 2.15. The summed E-state index contributed by atoms with van der Waals surface area (Å²) >= 11 is 1.68. The van der Waals surface area contributed by atoms with E-state index in [2.05, 4.69) is 5.32 Å². The van der Waals surface area contributed by atoms with E-state index >= 15 is 0 Å². The van der Waals surface area contributed by atoms with Crippen molar-refractivity contribution in [2.75, 3.05) is 12.9 Å². The van der Waals surface area contributed by atoms with E-state index in [4.69, 9.17) is 5.11 Å². The van der Waals surface area contributed by atoms with Crippen LogP contribution in [0.5, 0.6) is 0 Å². The molecule has 0 saturated carbocycles. The van der Waals surface area contributed by atoms with Crippen LogP contribution >= 0.6 is 11.8 Å². The van der Waals surface area contributed by atoms with E-state index < -0.39 is 0 Å². The Kier molecular flexibility index (Phi) is 6.83. The maximum absolute atomic E-state index is 11.9. The SMILES string of the molecule is CSC(C)CC(=O)NC(CCO)c1ccccc1. The van der Waals surface area contributed by atoms with Crippen molar-refractivity contribution in [3.05, 3.63) is 35.9 Å². The summed E-state index contributed by atoms with van der Waals surface area (Å²) in [7, 11) is 0. The van der Waals surface area contributed by atoms with E-state index in [-0.39, 0.29) is 18.6 Å². The van der Waals surface area contributed by atoms with Crippen LogP contribution in [0.1, 0.15) is 31.4 Å². The molecule has 4 heteroatoms. The van der Waals surface area contributed by atoms with Crippen LogP contribution in [-0.4, -0.2) is 29.1 Å². The smallest absolute Gasteiger partial charge is 0.221 e. The number of amides is 1. The van der Waals surface area contributed by atoms with Crippen LogP contribution in [0, 0.1) is 0 Å². The Bertz CT molecular complexity index is 356. The van der Waals surface area contributed by atoms with Gasteiger partial charge in [-0.05, 0) is 18.2 Å². The van der Waals surface area contributed by atoms with E-state index in [0.29, 0.717) is 18.1 Å². The summed E-state index contributed by atoms with van der Waals surface area (Å²) in [5.41, 5.74) is 1.04.